The molecule has 1 heterocycles. The van der Waals surface area contributed by atoms with Crippen LogP contribution in [-0.4, -0.2) is 37.5 Å². The molecule has 1 fully saturated rings. The lowest BCUT2D eigenvalue weighted by molar-refractivity contribution is -0.0630. The molecule has 0 N–H and O–H groups in total. The minimum Gasteiger partial charge on any atom is -0.376 e. The van der Waals surface area contributed by atoms with Crippen LogP contribution >= 0.6 is 0 Å². The first kappa shape index (κ1) is 10.9. The maximum atomic E-state index is 13.2. The van der Waals surface area contributed by atoms with Crippen LogP contribution in [-0.2, 0) is 4.74 Å². The monoisotopic (exact) mass is 189 g/mol. The fourth-order valence-corrected chi connectivity index (χ4v) is 1.60. The first-order valence-electron chi connectivity index (χ1n) is 5.30. The summed E-state index contributed by atoms with van der Waals surface area (Å²) in [5, 5.41) is 0. The van der Waals surface area contributed by atoms with Gasteiger partial charge in [-0.05, 0) is 6.42 Å². The normalized spacial score (nSPS) is 24.9. The van der Waals surface area contributed by atoms with Crippen molar-refractivity contribution >= 4 is 0 Å². The number of alkyl halides is 1. The van der Waals surface area contributed by atoms with Gasteiger partial charge in [0.15, 0.2) is 6.30 Å². The van der Waals surface area contributed by atoms with E-state index in [9.17, 15) is 4.39 Å². The van der Waals surface area contributed by atoms with Crippen LogP contribution in [0.15, 0.2) is 0 Å². The molecule has 1 aliphatic rings. The van der Waals surface area contributed by atoms with Crippen LogP contribution in [0.2, 0.25) is 0 Å². The summed E-state index contributed by atoms with van der Waals surface area (Å²) >= 11 is 0. The number of nitrogens with zero attached hydrogens (tertiary/aromatic N) is 1. The molecule has 0 amide bonds. The van der Waals surface area contributed by atoms with Gasteiger partial charge in [-0.3, -0.25) is 4.90 Å². The lowest BCUT2D eigenvalue weighted by Gasteiger charge is -2.30. The molecule has 1 aliphatic heterocycles. The fraction of sp³-hybridized carbons (Fsp3) is 1.00. The van der Waals surface area contributed by atoms with Crippen molar-refractivity contribution in [3.8, 4) is 0 Å². The Morgan fingerprint density at radius 1 is 1.38 bits per heavy atom. The standard InChI is InChI=1S/C10H20FNO/c1-2-3-4-5-6-12-7-8-13-9-10(12)11/h10H,2-9H2,1H3. The molecule has 1 unspecified atom stereocenters. The Morgan fingerprint density at radius 3 is 2.92 bits per heavy atom. The molecule has 0 aromatic carbocycles. The smallest absolute Gasteiger partial charge is 0.177 e. The van der Waals surface area contributed by atoms with E-state index in [2.05, 4.69) is 6.92 Å². The molecule has 1 atom stereocenters. The number of morpholine rings is 1. The molecule has 1 saturated heterocycles. The summed E-state index contributed by atoms with van der Waals surface area (Å²) in [4.78, 5) is 1.89. The summed E-state index contributed by atoms with van der Waals surface area (Å²) in [6.45, 7) is 4.78. The Morgan fingerprint density at radius 2 is 2.23 bits per heavy atom. The first-order chi connectivity index (χ1) is 6.34. The van der Waals surface area contributed by atoms with Gasteiger partial charge in [0.2, 0.25) is 0 Å². The van der Waals surface area contributed by atoms with E-state index in [1.807, 2.05) is 4.90 Å². The van der Waals surface area contributed by atoms with Crippen molar-refractivity contribution in [1.29, 1.82) is 0 Å². The number of hydrogen-bond donors (Lipinski definition) is 0. The van der Waals surface area contributed by atoms with Crippen LogP contribution in [0.25, 0.3) is 0 Å². The highest BCUT2D eigenvalue weighted by Gasteiger charge is 2.20. The molecule has 0 bridgehead atoms. The second-order valence-corrected chi connectivity index (χ2v) is 3.61. The number of halogens is 1. The summed E-state index contributed by atoms with van der Waals surface area (Å²) in [7, 11) is 0. The second kappa shape index (κ2) is 6.33. The minimum atomic E-state index is -0.865. The Balaban J connectivity index is 2.05. The summed E-state index contributed by atoms with van der Waals surface area (Å²) in [6, 6.07) is 0. The van der Waals surface area contributed by atoms with Crippen molar-refractivity contribution in [1.82, 2.24) is 4.90 Å². The van der Waals surface area contributed by atoms with E-state index in [0.717, 1.165) is 19.5 Å². The van der Waals surface area contributed by atoms with Gasteiger partial charge in [0, 0.05) is 13.1 Å². The molecule has 0 aromatic rings. The average Bonchev–Trinajstić information content (AvgIpc) is 2.15. The van der Waals surface area contributed by atoms with Gasteiger partial charge < -0.3 is 4.74 Å². The zero-order chi connectivity index (χ0) is 9.52. The van der Waals surface area contributed by atoms with Crippen molar-refractivity contribution in [2.75, 3.05) is 26.3 Å². The van der Waals surface area contributed by atoms with Crippen LogP contribution in [0, 0.1) is 0 Å². The van der Waals surface area contributed by atoms with Gasteiger partial charge >= 0.3 is 0 Å². The van der Waals surface area contributed by atoms with E-state index in [0.29, 0.717) is 6.61 Å². The van der Waals surface area contributed by atoms with Gasteiger partial charge in [-0.25, -0.2) is 4.39 Å². The third kappa shape index (κ3) is 4.05. The topological polar surface area (TPSA) is 12.5 Å². The summed E-state index contributed by atoms with van der Waals surface area (Å²) in [5.41, 5.74) is 0. The van der Waals surface area contributed by atoms with Crippen molar-refractivity contribution < 1.29 is 9.13 Å². The molecule has 0 aromatic heterocycles. The fourth-order valence-electron chi connectivity index (χ4n) is 1.60. The van der Waals surface area contributed by atoms with E-state index >= 15 is 0 Å². The van der Waals surface area contributed by atoms with Crippen LogP contribution in [0.3, 0.4) is 0 Å². The Kier molecular flexibility index (Phi) is 5.32. The van der Waals surface area contributed by atoms with Gasteiger partial charge in [-0.1, -0.05) is 26.2 Å². The zero-order valence-corrected chi connectivity index (χ0v) is 8.47. The predicted octanol–water partition coefficient (Wildman–Crippen LogP) is 2.19. The van der Waals surface area contributed by atoms with Crippen molar-refractivity contribution in [2.45, 2.75) is 38.9 Å². The van der Waals surface area contributed by atoms with Crippen LogP contribution < -0.4 is 0 Å². The van der Waals surface area contributed by atoms with Crippen LogP contribution in [0.5, 0.6) is 0 Å². The number of ether oxygens (including phenoxy) is 1. The van der Waals surface area contributed by atoms with Gasteiger partial charge in [-0.15, -0.1) is 0 Å². The molecule has 0 aliphatic carbocycles. The van der Waals surface area contributed by atoms with E-state index in [1.165, 1.54) is 19.3 Å². The number of rotatable bonds is 5. The largest absolute Gasteiger partial charge is 0.376 e. The van der Waals surface area contributed by atoms with E-state index < -0.39 is 6.30 Å². The Labute approximate surface area is 80.1 Å². The quantitative estimate of drug-likeness (QED) is 0.485. The molecule has 3 heteroatoms. The third-order valence-electron chi connectivity index (χ3n) is 2.47. The highest BCUT2D eigenvalue weighted by atomic mass is 19.1. The highest BCUT2D eigenvalue weighted by Crippen LogP contribution is 2.10. The maximum absolute atomic E-state index is 13.2. The molecule has 13 heavy (non-hydrogen) atoms. The average molecular weight is 189 g/mol. The molecular weight excluding hydrogens is 169 g/mol. The SMILES string of the molecule is CCCCCCN1CCOCC1F. The number of hydrogen-bond acceptors (Lipinski definition) is 2. The highest BCUT2D eigenvalue weighted by molar-refractivity contribution is 4.66. The van der Waals surface area contributed by atoms with Crippen LogP contribution in [0.4, 0.5) is 4.39 Å². The van der Waals surface area contributed by atoms with E-state index in [1.54, 1.807) is 0 Å². The van der Waals surface area contributed by atoms with Crippen LogP contribution in [0.1, 0.15) is 32.6 Å². The molecule has 2 nitrogen and oxygen atoms in total. The van der Waals surface area contributed by atoms with E-state index in [-0.39, 0.29) is 6.61 Å². The molecule has 1 rings (SSSR count). The lowest BCUT2D eigenvalue weighted by Crippen LogP contribution is -2.43. The summed E-state index contributed by atoms with van der Waals surface area (Å²) in [6.07, 6.45) is 3.98. The second-order valence-electron chi connectivity index (χ2n) is 3.61. The maximum Gasteiger partial charge on any atom is 0.177 e. The molecule has 78 valence electrons. The summed E-state index contributed by atoms with van der Waals surface area (Å²) in [5.74, 6) is 0. The minimum absolute atomic E-state index is 0.258. The van der Waals surface area contributed by atoms with Crippen molar-refractivity contribution in [3.63, 3.8) is 0 Å². The van der Waals surface area contributed by atoms with Gasteiger partial charge in [0.05, 0.1) is 13.2 Å². The predicted molar refractivity (Wildman–Crippen MR) is 51.4 cm³/mol. The molecule has 0 radical (unpaired) electrons. The number of unbranched alkanes of at least 4 members (excludes halogenated alkanes) is 3. The Hall–Kier alpha value is -0.150. The van der Waals surface area contributed by atoms with Crippen molar-refractivity contribution in [3.05, 3.63) is 0 Å². The van der Waals surface area contributed by atoms with Gasteiger partial charge in [0.25, 0.3) is 0 Å². The first-order valence-corrected chi connectivity index (χ1v) is 5.30. The van der Waals surface area contributed by atoms with Gasteiger partial charge in [0.1, 0.15) is 0 Å². The Bertz CT molecular complexity index is 132. The lowest BCUT2D eigenvalue weighted by atomic mass is 10.2. The summed E-state index contributed by atoms with van der Waals surface area (Å²) < 4.78 is 18.2. The van der Waals surface area contributed by atoms with Crippen molar-refractivity contribution in [2.24, 2.45) is 0 Å². The third-order valence-corrected chi connectivity index (χ3v) is 2.47. The molecular formula is C10H20FNO. The van der Waals surface area contributed by atoms with E-state index in [4.69, 9.17) is 4.74 Å². The molecule has 0 saturated carbocycles. The molecule has 0 spiro atoms. The zero-order valence-electron chi connectivity index (χ0n) is 8.47. The van der Waals surface area contributed by atoms with Gasteiger partial charge in [-0.2, -0.15) is 0 Å².